The molecule has 0 aromatic heterocycles. The molecule has 7 heteroatoms. The van der Waals surface area contributed by atoms with Crippen molar-refractivity contribution in [2.45, 2.75) is 24.3 Å². The molecule has 0 spiro atoms. The van der Waals surface area contributed by atoms with Crippen LogP contribution in [0.2, 0.25) is 0 Å². The van der Waals surface area contributed by atoms with Gasteiger partial charge in [0.2, 0.25) is 0 Å². The molecule has 0 radical (unpaired) electrons. The van der Waals surface area contributed by atoms with E-state index in [1.54, 1.807) is 0 Å². The van der Waals surface area contributed by atoms with Crippen LogP contribution in [0.25, 0.3) is 0 Å². The Balaban J connectivity index is 2.47. The van der Waals surface area contributed by atoms with Gasteiger partial charge in [-0.25, -0.2) is 0 Å². The molecule has 114 valence electrons. The van der Waals surface area contributed by atoms with E-state index in [2.05, 4.69) is 36.6 Å². The first kappa shape index (κ1) is 17.8. The molecule has 1 rings (SSSR count). The largest absolute Gasteiger partial charge is 0.493 e. The molecule has 2 nitrogen and oxygen atoms in total. The predicted octanol–water partition coefficient (Wildman–Crippen LogP) is 5.25. The van der Waals surface area contributed by atoms with E-state index < -0.39 is 12.8 Å². The second-order valence-corrected chi connectivity index (χ2v) is 6.01. The molecule has 0 bridgehead atoms. The van der Waals surface area contributed by atoms with Crippen molar-refractivity contribution in [3.05, 3.63) is 28.2 Å². The average Bonchev–Trinajstić information content (AvgIpc) is 2.36. The number of hydrogen-bond donors (Lipinski definition) is 0. The van der Waals surface area contributed by atoms with Crippen LogP contribution >= 0.6 is 31.9 Å². The molecule has 1 aromatic rings. The summed E-state index contributed by atoms with van der Waals surface area (Å²) in [5, 5.41) is 0. The molecular formula is C13H15Br2F3O2. The third-order valence-corrected chi connectivity index (χ3v) is 4.01. The van der Waals surface area contributed by atoms with E-state index in [0.717, 1.165) is 15.8 Å². The monoisotopic (exact) mass is 418 g/mol. The van der Waals surface area contributed by atoms with E-state index in [-0.39, 0.29) is 11.4 Å². The number of alkyl halides is 4. The fraction of sp³-hybridized carbons (Fsp3) is 0.538. The fourth-order valence-corrected chi connectivity index (χ4v) is 2.51. The highest BCUT2D eigenvalue weighted by molar-refractivity contribution is 9.10. The van der Waals surface area contributed by atoms with Gasteiger partial charge in [-0.05, 0) is 47.0 Å². The molecule has 0 aliphatic carbocycles. The first-order valence-corrected chi connectivity index (χ1v) is 7.75. The van der Waals surface area contributed by atoms with Crippen LogP contribution in [0.3, 0.4) is 0 Å². The van der Waals surface area contributed by atoms with Gasteiger partial charge in [-0.3, -0.25) is 0 Å². The maximum Gasteiger partial charge on any atom is 0.411 e. The summed E-state index contributed by atoms with van der Waals surface area (Å²) >= 11 is 6.84. The first-order valence-electron chi connectivity index (χ1n) is 6.04. The topological polar surface area (TPSA) is 18.5 Å². The Morgan fingerprint density at radius 3 is 2.55 bits per heavy atom. The summed E-state index contributed by atoms with van der Waals surface area (Å²) in [6.45, 7) is 1.30. The van der Waals surface area contributed by atoms with Gasteiger partial charge in [0.05, 0.1) is 11.1 Å². The van der Waals surface area contributed by atoms with Crippen LogP contribution in [0.1, 0.15) is 23.7 Å². The third kappa shape index (κ3) is 6.45. The molecule has 1 atom stereocenters. The van der Waals surface area contributed by atoms with E-state index in [0.29, 0.717) is 13.0 Å². The molecule has 0 amide bonds. The van der Waals surface area contributed by atoms with Gasteiger partial charge in [0.15, 0.2) is 0 Å². The summed E-state index contributed by atoms with van der Waals surface area (Å²) in [6.07, 6.45) is -3.82. The second-order valence-electron chi connectivity index (χ2n) is 4.05. The maximum atomic E-state index is 11.9. The van der Waals surface area contributed by atoms with Gasteiger partial charge in [0.25, 0.3) is 0 Å². The van der Waals surface area contributed by atoms with Crippen LogP contribution in [0, 0.1) is 0 Å². The van der Waals surface area contributed by atoms with Gasteiger partial charge in [-0.1, -0.05) is 22.0 Å². The second kappa shape index (κ2) is 8.24. The van der Waals surface area contributed by atoms with Gasteiger partial charge in [-0.2, -0.15) is 13.2 Å². The summed E-state index contributed by atoms with van der Waals surface area (Å²) in [7, 11) is 0. The first-order chi connectivity index (χ1) is 9.33. The number of halogens is 5. The van der Waals surface area contributed by atoms with Gasteiger partial charge in [0.1, 0.15) is 12.4 Å². The molecule has 20 heavy (non-hydrogen) atoms. The average molecular weight is 420 g/mol. The molecule has 0 fully saturated rings. The van der Waals surface area contributed by atoms with E-state index in [1.807, 2.05) is 25.1 Å². The lowest BCUT2D eigenvalue weighted by atomic mass is 10.1. The minimum absolute atomic E-state index is 0.0419. The van der Waals surface area contributed by atoms with Gasteiger partial charge in [-0.15, -0.1) is 0 Å². The van der Waals surface area contributed by atoms with Gasteiger partial charge < -0.3 is 9.47 Å². The molecule has 1 aromatic carbocycles. The zero-order chi connectivity index (χ0) is 15.2. The van der Waals surface area contributed by atoms with Crippen molar-refractivity contribution in [3.63, 3.8) is 0 Å². The Labute approximate surface area is 132 Å². The van der Waals surface area contributed by atoms with Crippen LogP contribution < -0.4 is 4.74 Å². The Hall–Kier alpha value is -0.270. The lowest BCUT2D eigenvalue weighted by molar-refractivity contribution is -0.174. The van der Waals surface area contributed by atoms with Crippen molar-refractivity contribution in [1.29, 1.82) is 0 Å². The van der Waals surface area contributed by atoms with Gasteiger partial charge >= 0.3 is 6.18 Å². The lowest BCUT2D eigenvalue weighted by Crippen LogP contribution is -2.17. The maximum absolute atomic E-state index is 11.9. The minimum atomic E-state index is -4.27. The molecule has 1 unspecified atom stereocenters. The fourth-order valence-electron chi connectivity index (χ4n) is 1.53. The smallest absolute Gasteiger partial charge is 0.411 e. The summed E-state index contributed by atoms with van der Waals surface area (Å²) in [4.78, 5) is -0.0669. The number of hydrogen-bond acceptors (Lipinski definition) is 2. The van der Waals surface area contributed by atoms with Crippen LogP contribution in [-0.4, -0.2) is 26.0 Å². The van der Waals surface area contributed by atoms with E-state index >= 15 is 0 Å². The summed E-state index contributed by atoms with van der Waals surface area (Å²) in [5.74, 6) is 0.740. The normalized spacial score (nSPS) is 13.3. The molecule has 0 saturated heterocycles. The third-order valence-electron chi connectivity index (χ3n) is 2.40. The zero-order valence-corrected chi connectivity index (χ0v) is 14.0. The van der Waals surface area contributed by atoms with E-state index in [1.165, 1.54) is 0 Å². The highest BCUT2D eigenvalue weighted by Crippen LogP contribution is 2.33. The van der Waals surface area contributed by atoms with Crippen molar-refractivity contribution in [2.24, 2.45) is 0 Å². The molecule has 0 heterocycles. The Kier molecular flexibility index (Phi) is 7.33. The Morgan fingerprint density at radius 2 is 2.00 bits per heavy atom. The van der Waals surface area contributed by atoms with E-state index in [9.17, 15) is 13.2 Å². The highest BCUT2D eigenvalue weighted by atomic mass is 79.9. The quantitative estimate of drug-likeness (QED) is 0.443. The number of rotatable bonds is 7. The van der Waals surface area contributed by atoms with Crippen molar-refractivity contribution < 1.29 is 22.6 Å². The summed E-state index contributed by atoms with van der Waals surface area (Å²) < 4.78 is 46.6. The molecular weight excluding hydrogens is 405 g/mol. The molecule has 0 saturated carbocycles. The molecule has 0 aliphatic rings. The van der Waals surface area contributed by atoms with Crippen LogP contribution in [0.5, 0.6) is 5.75 Å². The SMILES string of the molecule is CCOc1ccc(C(Br)CCOCC(F)(F)F)cc1Br. The van der Waals surface area contributed by atoms with Crippen molar-refractivity contribution in [2.75, 3.05) is 19.8 Å². The standard InChI is InChI=1S/C13H15Br2F3O2/c1-2-20-12-4-3-9(7-11(12)15)10(14)5-6-19-8-13(16,17)18/h3-4,7,10H,2,5-6,8H2,1H3. The predicted molar refractivity (Wildman–Crippen MR) is 78.5 cm³/mol. The lowest BCUT2D eigenvalue weighted by Gasteiger charge is -2.13. The molecule has 0 aliphatic heterocycles. The minimum Gasteiger partial charge on any atom is -0.493 e. The van der Waals surface area contributed by atoms with E-state index in [4.69, 9.17) is 4.74 Å². The Bertz CT molecular complexity index is 425. The van der Waals surface area contributed by atoms with Crippen LogP contribution in [0.4, 0.5) is 13.2 Å². The number of benzene rings is 1. The summed E-state index contributed by atoms with van der Waals surface area (Å²) in [5.41, 5.74) is 0.955. The van der Waals surface area contributed by atoms with Crippen molar-refractivity contribution in [1.82, 2.24) is 0 Å². The van der Waals surface area contributed by atoms with Crippen molar-refractivity contribution >= 4 is 31.9 Å². The van der Waals surface area contributed by atoms with Crippen molar-refractivity contribution in [3.8, 4) is 5.75 Å². The Morgan fingerprint density at radius 1 is 1.30 bits per heavy atom. The van der Waals surface area contributed by atoms with Crippen LogP contribution in [-0.2, 0) is 4.74 Å². The highest BCUT2D eigenvalue weighted by Gasteiger charge is 2.27. The summed E-state index contributed by atoms with van der Waals surface area (Å²) in [6, 6.07) is 5.58. The number of ether oxygens (including phenoxy) is 2. The van der Waals surface area contributed by atoms with Crippen LogP contribution in [0.15, 0.2) is 22.7 Å². The van der Waals surface area contributed by atoms with Gasteiger partial charge in [0, 0.05) is 11.4 Å². The molecule has 0 N–H and O–H groups in total. The zero-order valence-electron chi connectivity index (χ0n) is 10.8.